The molecule has 38 heavy (non-hydrogen) atoms. The number of nitrogens with zero attached hydrogens (tertiary/aromatic N) is 6. The summed E-state index contributed by atoms with van der Waals surface area (Å²) in [4.78, 5) is 25.3. The lowest BCUT2D eigenvalue weighted by Gasteiger charge is -2.13. The van der Waals surface area contributed by atoms with Gasteiger partial charge in [0, 0.05) is 49.5 Å². The van der Waals surface area contributed by atoms with Crippen molar-refractivity contribution in [1.82, 2.24) is 35.0 Å². The number of hydrogen-bond acceptors (Lipinski definition) is 9. The van der Waals surface area contributed by atoms with Crippen molar-refractivity contribution in [3.05, 3.63) is 83.8 Å². The molecule has 0 spiro atoms. The van der Waals surface area contributed by atoms with Crippen LogP contribution in [0.5, 0.6) is 0 Å². The minimum atomic E-state index is -0.142. The van der Waals surface area contributed by atoms with E-state index in [2.05, 4.69) is 42.7 Å². The number of ether oxygens (including phenoxy) is 1. The van der Waals surface area contributed by atoms with Gasteiger partial charge in [0.15, 0.2) is 11.6 Å². The van der Waals surface area contributed by atoms with E-state index in [-0.39, 0.29) is 5.91 Å². The summed E-state index contributed by atoms with van der Waals surface area (Å²) in [6, 6.07) is 11.1. The van der Waals surface area contributed by atoms with E-state index in [1.165, 1.54) is 6.33 Å². The molecule has 3 aromatic heterocycles. The maximum absolute atomic E-state index is 12.8. The second-order valence-corrected chi connectivity index (χ2v) is 8.56. The van der Waals surface area contributed by atoms with Gasteiger partial charge >= 0.3 is 0 Å². The minimum Gasteiger partial charge on any atom is -0.380 e. The van der Waals surface area contributed by atoms with E-state index in [1.54, 1.807) is 24.5 Å². The molecule has 0 aliphatic heterocycles. The number of carbonyl (C=O) groups is 1. The van der Waals surface area contributed by atoms with Crippen LogP contribution >= 0.6 is 0 Å². The van der Waals surface area contributed by atoms with Gasteiger partial charge in [0.1, 0.15) is 12.0 Å². The Morgan fingerprint density at radius 3 is 2.76 bits per heavy atom. The first-order chi connectivity index (χ1) is 18.7. The minimum absolute atomic E-state index is 0.142. The molecular formula is C27H33N9O2. The quantitative estimate of drug-likeness (QED) is 0.216. The highest BCUT2D eigenvalue weighted by Gasteiger charge is 2.15. The van der Waals surface area contributed by atoms with Crippen molar-refractivity contribution in [2.75, 3.05) is 25.1 Å². The lowest BCUT2D eigenvalue weighted by atomic mass is 10.1. The van der Waals surface area contributed by atoms with Crippen LogP contribution in [0.1, 0.15) is 40.7 Å². The number of aryl methyl sites for hydroxylation is 1. The van der Waals surface area contributed by atoms with Crippen molar-refractivity contribution >= 4 is 11.6 Å². The number of nitrogens with two attached hydrogens (primary N) is 1. The molecule has 0 fully saturated rings. The summed E-state index contributed by atoms with van der Waals surface area (Å²) in [7, 11) is 0. The summed E-state index contributed by atoms with van der Waals surface area (Å²) in [5.74, 6) is 1.22. The Bertz CT molecular complexity index is 1310. The van der Waals surface area contributed by atoms with Gasteiger partial charge in [0.2, 0.25) is 0 Å². The van der Waals surface area contributed by atoms with E-state index in [0.717, 1.165) is 35.5 Å². The van der Waals surface area contributed by atoms with Crippen LogP contribution in [0.2, 0.25) is 0 Å². The fourth-order valence-electron chi connectivity index (χ4n) is 3.93. The van der Waals surface area contributed by atoms with Crippen LogP contribution in [0.3, 0.4) is 0 Å². The first kappa shape index (κ1) is 26.8. The second kappa shape index (κ2) is 13.9. The van der Waals surface area contributed by atoms with Crippen molar-refractivity contribution < 1.29 is 9.53 Å². The monoisotopic (exact) mass is 515 g/mol. The van der Waals surface area contributed by atoms with Crippen molar-refractivity contribution in [3.63, 3.8) is 0 Å². The molecule has 198 valence electrons. The Hall–Kier alpha value is -4.22. The Labute approximate surface area is 221 Å². The van der Waals surface area contributed by atoms with E-state index < -0.39 is 0 Å². The van der Waals surface area contributed by atoms with E-state index in [1.807, 2.05) is 35.0 Å². The molecule has 0 saturated heterocycles. The number of anilines is 1. The maximum Gasteiger partial charge on any atom is 0.251 e. The van der Waals surface area contributed by atoms with Gasteiger partial charge in [-0.25, -0.2) is 9.97 Å². The van der Waals surface area contributed by atoms with E-state index >= 15 is 0 Å². The smallest absolute Gasteiger partial charge is 0.251 e. The molecular weight excluding hydrogens is 482 g/mol. The van der Waals surface area contributed by atoms with Crippen molar-refractivity contribution in [2.45, 2.75) is 39.4 Å². The Balaban J connectivity index is 1.42. The average molecular weight is 516 g/mol. The third-order valence-corrected chi connectivity index (χ3v) is 5.99. The van der Waals surface area contributed by atoms with Gasteiger partial charge in [-0.2, -0.15) is 0 Å². The lowest BCUT2D eigenvalue weighted by Crippen LogP contribution is -2.23. The van der Waals surface area contributed by atoms with Crippen LogP contribution in [0, 0.1) is 0 Å². The first-order valence-electron chi connectivity index (χ1n) is 12.7. The molecule has 1 amide bonds. The number of hydrogen-bond donors (Lipinski definition) is 3. The van der Waals surface area contributed by atoms with Crippen LogP contribution < -0.4 is 16.4 Å². The predicted molar refractivity (Wildman–Crippen MR) is 144 cm³/mol. The molecule has 0 aliphatic rings. The fraction of sp³-hybridized carbons (Fsp3) is 0.333. The Morgan fingerprint density at radius 1 is 1.05 bits per heavy atom. The topological polar surface area (TPSA) is 146 Å². The van der Waals surface area contributed by atoms with Gasteiger partial charge < -0.3 is 25.7 Å². The van der Waals surface area contributed by atoms with Crippen LogP contribution in [-0.4, -0.2) is 55.4 Å². The Kier molecular flexibility index (Phi) is 9.82. The second-order valence-electron chi connectivity index (χ2n) is 8.56. The zero-order valence-corrected chi connectivity index (χ0v) is 21.5. The van der Waals surface area contributed by atoms with Crippen molar-refractivity contribution in [3.8, 4) is 11.5 Å². The maximum atomic E-state index is 12.8. The third kappa shape index (κ3) is 7.17. The summed E-state index contributed by atoms with van der Waals surface area (Å²) in [6.45, 7) is 5.18. The molecule has 0 saturated carbocycles. The highest BCUT2D eigenvalue weighted by Crippen LogP contribution is 2.17. The van der Waals surface area contributed by atoms with E-state index in [9.17, 15) is 4.79 Å². The summed E-state index contributed by atoms with van der Waals surface area (Å²) in [6.07, 6.45) is 8.41. The molecule has 11 heteroatoms. The summed E-state index contributed by atoms with van der Waals surface area (Å²) in [5.41, 5.74) is 9.79. The normalized spacial score (nSPS) is 10.9. The SMILES string of the molecule is CCc1cnccc1CNC(=O)c1cccc(NCc2nnc(-c3ccncn3)n2CCOCCCN)c1. The first-order valence-corrected chi connectivity index (χ1v) is 12.7. The highest BCUT2D eigenvalue weighted by atomic mass is 16.5. The average Bonchev–Trinajstić information content (AvgIpc) is 3.38. The molecule has 4 N–H and O–H groups in total. The summed E-state index contributed by atoms with van der Waals surface area (Å²) in [5, 5.41) is 15.1. The van der Waals surface area contributed by atoms with E-state index in [4.69, 9.17) is 10.5 Å². The number of nitrogens with one attached hydrogen (secondary N) is 2. The number of benzene rings is 1. The number of aromatic nitrogens is 6. The Morgan fingerprint density at radius 2 is 1.95 bits per heavy atom. The van der Waals surface area contributed by atoms with Crippen molar-refractivity contribution in [2.24, 2.45) is 5.73 Å². The van der Waals surface area contributed by atoms with Gasteiger partial charge in [-0.3, -0.25) is 9.78 Å². The third-order valence-electron chi connectivity index (χ3n) is 5.99. The molecule has 3 heterocycles. The molecule has 0 aliphatic carbocycles. The molecule has 11 nitrogen and oxygen atoms in total. The largest absolute Gasteiger partial charge is 0.380 e. The van der Waals surface area contributed by atoms with Gasteiger partial charge in [-0.1, -0.05) is 13.0 Å². The van der Waals surface area contributed by atoms with Crippen LogP contribution in [0.15, 0.2) is 61.3 Å². The number of amides is 1. The van der Waals surface area contributed by atoms with Gasteiger partial charge in [0.05, 0.1) is 13.2 Å². The molecule has 0 radical (unpaired) electrons. The number of carbonyl (C=O) groups excluding carboxylic acids is 1. The van der Waals surface area contributed by atoms with Gasteiger partial charge in [-0.15, -0.1) is 10.2 Å². The molecule has 0 unspecified atom stereocenters. The molecule has 0 atom stereocenters. The standard InChI is InChI=1S/C27H33N9O2/c1-2-20-16-29-10-7-22(20)17-32-27(37)21-5-3-6-23(15-21)31-18-25-34-35-26(24-8-11-30-19-33-24)36(25)12-14-38-13-4-9-28/h3,5-8,10-11,15-16,19,31H,2,4,9,12-14,17-18,28H2,1H3,(H,32,37). The van der Waals surface area contributed by atoms with Crippen LogP contribution in [-0.2, 0) is 30.8 Å². The zero-order valence-electron chi connectivity index (χ0n) is 21.5. The van der Waals surface area contributed by atoms with Crippen molar-refractivity contribution in [1.29, 1.82) is 0 Å². The predicted octanol–water partition coefficient (Wildman–Crippen LogP) is 2.60. The van der Waals surface area contributed by atoms with Crippen LogP contribution in [0.25, 0.3) is 11.5 Å². The lowest BCUT2D eigenvalue weighted by molar-refractivity contribution is 0.0951. The van der Waals surface area contributed by atoms with E-state index in [0.29, 0.717) is 56.5 Å². The van der Waals surface area contributed by atoms with Gasteiger partial charge in [-0.05, 0) is 60.8 Å². The molecule has 1 aromatic carbocycles. The number of rotatable bonds is 14. The molecule has 0 bridgehead atoms. The summed E-state index contributed by atoms with van der Waals surface area (Å²) >= 11 is 0. The number of pyridine rings is 1. The summed E-state index contributed by atoms with van der Waals surface area (Å²) < 4.78 is 7.69. The fourth-order valence-corrected chi connectivity index (χ4v) is 3.93. The van der Waals surface area contributed by atoms with Crippen LogP contribution in [0.4, 0.5) is 5.69 Å². The van der Waals surface area contributed by atoms with Gasteiger partial charge in [0.25, 0.3) is 5.91 Å². The molecule has 4 rings (SSSR count). The highest BCUT2D eigenvalue weighted by molar-refractivity contribution is 5.95. The zero-order chi connectivity index (χ0) is 26.6. The molecule has 4 aromatic rings.